The van der Waals surface area contributed by atoms with Gasteiger partial charge in [-0.15, -0.1) is 11.3 Å². The molecule has 0 unspecified atom stereocenters. The number of carbonyl (C=O) groups excluding carboxylic acids is 1. The third-order valence-electron chi connectivity index (χ3n) is 2.32. The van der Waals surface area contributed by atoms with Crippen molar-refractivity contribution in [2.24, 2.45) is 0 Å². The van der Waals surface area contributed by atoms with E-state index in [9.17, 15) is 4.79 Å². The summed E-state index contributed by atoms with van der Waals surface area (Å²) in [6.45, 7) is 1.97. The van der Waals surface area contributed by atoms with E-state index in [4.69, 9.17) is 0 Å². The first-order valence-corrected chi connectivity index (χ1v) is 7.94. The van der Waals surface area contributed by atoms with E-state index >= 15 is 0 Å². The second-order valence-electron chi connectivity index (χ2n) is 3.53. The van der Waals surface area contributed by atoms with E-state index in [0.717, 1.165) is 17.6 Å². The Labute approximate surface area is 129 Å². The van der Waals surface area contributed by atoms with Gasteiger partial charge in [0.05, 0.1) is 7.57 Å². The number of benzene rings is 1. The summed E-state index contributed by atoms with van der Waals surface area (Å²) in [6.07, 6.45) is 0. The van der Waals surface area contributed by atoms with Crippen molar-refractivity contribution in [3.8, 4) is 0 Å². The van der Waals surface area contributed by atoms with E-state index in [0.29, 0.717) is 11.1 Å². The van der Waals surface area contributed by atoms with E-state index in [1.54, 1.807) is 0 Å². The monoisotopic (exact) mass is 436 g/mol. The van der Waals surface area contributed by atoms with Gasteiger partial charge in [0, 0.05) is 15.6 Å². The van der Waals surface area contributed by atoms with Crippen LogP contribution in [0.2, 0.25) is 0 Å². The molecule has 0 radical (unpaired) electrons. The maximum atomic E-state index is 12.3. The maximum Gasteiger partial charge on any atom is 0.195 e. The molecule has 17 heavy (non-hydrogen) atoms. The Morgan fingerprint density at radius 1 is 1.18 bits per heavy atom. The maximum absolute atomic E-state index is 12.3. The molecule has 1 aromatic heterocycles. The second-order valence-corrected chi connectivity index (χ2v) is 8.13. The summed E-state index contributed by atoms with van der Waals surface area (Å²) >= 11 is 11.7. The lowest BCUT2D eigenvalue weighted by Crippen LogP contribution is -2.00. The van der Waals surface area contributed by atoms with Gasteiger partial charge in [0.2, 0.25) is 0 Å². The van der Waals surface area contributed by atoms with Crippen LogP contribution in [0.3, 0.4) is 0 Å². The topological polar surface area (TPSA) is 17.1 Å². The van der Waals surface area contributed by atoms with Crippen molar-refractivity contribution in [3.63, 3.8) is 0 Å². The van der Waals surface area contributed by atoms with Gasteiger partial charge in [0.15, 0.2) is 5.78 Å². The molecule has 5 heteroatoms. The lowest BCUT2D eigenvalue weighted by Gasteiger charge is -2.03. The van der Waals surface area contributed by atoms with Crippen LogP contribution in [0.1, 0.15) is 21.5 Å². The Balaban J connectivity index is 2.44. The average Bonchev–Trinajstić information content (AvgIpc) is 2.61. The molecule has 88 valence electrons. The molecule has 0 saturated carbocycles. The predicted molar refractivity (Wildman–Crippen MR) is 82.0 cm³/mol. The lowest BCUT2D eigenvalue weighted by molar-refractivity contribution is 0.103. The van der Waals surface area contributed by atoms with E-state index in [-0.39, 0.29) is 5.78 Å². The first-order valence-electron chi connectivity index (χ1n) is 4.74. The fraction of sp³-hybridized carbons (Fsp3) is 0.0833. The minimum absolute atomic E-state index is 0.0365. The highest BCUT2D eigenvalue weighted by molar-refractivity contribution is 9.12. The zero-order chi connectivity index (χ0) is 12.6. The molecule has 0 atom stereocenters. The van der Waals surface area contributed by atoms with E-state index in [2.05, 4.69) is 47.8 Å². The van der Waals surface area contributed by atoms with Gasteiger partial charge in [0.1, 0.15) is 0 Å². The predicted octanol–water partition coefficient (Wildman–Crippen LogP) is 5.58. The van der Waals surface area contributed by atoms with Crippen LogP contribution in [-0.2, 0) is 0 Å². The highest BCUT2D eigenvalue weighted by atomic mass is 79.9. The molecule has 0 aliphatic carbocycles. The third kappa shape index (κ3) is 2.89. The molecule has 0 N–H and O–H groups in total. The highest BCUT2D eigenvalue weighted by Crippen LogP contribution is 2.33. The smallest absolute Gasteiger partial charge is 0.195 e. The summed E-state index contributed by atoms with van der Waals surface area (Å²) < 4.78 is 2.82. The second kappa shape index (κ2) is 5.34. The summed E-state index contributed by atoms with van der Waals surface area (Å²) in [5.74, 6) is 0.0365. The van der Waals surface area contributed by atoms with E-state index < -0.39 is 0 Å². The molecule has 1 heterocycles. The molecular weight excluding hydrogens is 432 g/mol. The van der Waals surface area contributed by atoms with Crippen LogP contribution in [0.15, 0.2) is 36.3 Å². The van der Waals surface area contributed by atoms with Crippen molar-refractivity contribution >= 4 is 64.9 Å². The van der Waals surface area contributed by atoms with Crippen LogP contribution >= 0.6 is 59.1 Å². The lowest BCUT2D eigenvalue weighted by atomic mass is 10.0. The minimum atomic E-state index is 0.0365. The molecular formula is C12H7Br3OS. The van der Waals surface area contributed by atoms with Crippen LogP contribution in [-0.4, -0.2) is 5.78 Å². The first kappa shape index (κ1) is 13.5. The van der Waals surface area contributed by atoms with Crippen LogP contribution in [0.4, 0.5) is 0 Å². The Kier molecular flexibility index (Phi) is 4.23. The van der Waals surface area contributed by atoms with E-state index in [1.165, 1.54) is 11.3 Å². The zero-order valence-electron chi connectivity index (χ0n) is 8.76. The number of aryl methyl sites for hydroxylation is 1. The molecule has 0 amide bonds. The summed E-state index contributed by atoms with van der Waals surface area (Å²) in [6, 6.07) is 7.47. The van der Waals surface area contributed by atoms with Gasteiger partial charge in [-0.25, -0.2) is 0 Å². The number of carbonyl (C=O) groups is 1. The van der Waals surface area contributed by atoms with Crippen LogP contribution in [0, 0.1) is 6.92 Å². The van der Waals surface area contributed by atoms with Gasteiger partial charge in [-0.3, -0.25) is 4.79 Å². The zero-order valence-corrected chi connectivity index (χ0v) is 14.3. The van der Waals surface area contributed by atoms with Crippen molar-refractivity contribution < 1.29 is 4.79 Å². The highest BCUT2D eigenvalue weighted by Gasteiger charge is 2.16. The van der Waals surface area contributed by atoms with Gasteiger partial charge in [-0.1, -0.05) is 15.9 Å². The molecule has 0 saturated heterocycles. The Morgan fingerprint density at radius 2 is 1.88 bits per heavy atom. The summed E-state index contributed by atoms with van der Waals surface area (Å²) in [4.78, 5) is 12.3. The van der Waals surface area contributed by atoms with Crippen LogP contribution in [0.25, 0.3) is 0 Å². The van der Waals surface area contributed by atoms with Crippen molar-refractivity contribution in [1.82, 2.24) is 0 Å². The molecule has 0 aliphatic heterocycles. The molecule has 0 aliphatic rings. The quantitative estimate of drug-likeness (QED) is 0.560. The molecule has 0 spiro atoms. The molecule has 1 aromatic carbocycles. The number of rotatable bonds is 2. The van der Waals surface area contributed by atoms with Crippen molar-refractivity contribution in [2.75, 3.05) is 0 Å². The molecule has 1 nitrogen and oxygen atoms in total. The van der Waals surface area contributed by atoms with Gasteiger partial charge < -0.3 is 0 Å². The molecule has 0 fully saturated rings. The van der Waals surface area contributed by atoms with Crippen LogP contribution < -0.4 is 0 Å². The SMILES string of the molecule is Cc1cc(C(=O)c2cc(Br)sc2Br)ccc1Br. The van der Waals surface area contributed by atoms with Gasteiger partial charge in [-0.2, -0.15) is 0 Å². The number of halogens is 3. The first-order chi connectivity index (χ1) is 7.99. The molecule has 2 rings (SSSR count). The van der Waals surface area contributed by atoms with Crippen molar-refractivity contribution in [3.05, 3.63) is 53.0 Å². The van der Waals surface area contributed by atoms with Gasteiger partial charge in [0.25, 0.3) is 0 Å². The average molecular weight is 439 g/mol. The van der Waals surface area contributed by atoms with Crippen molar-refractivity contribution in [1.29, 1.82) is 0 Å². The normalized spacial score (nSPS) is 10.6. The standard InChI is InChI=1S/C12H7Br3OS/c1-6-4-7(2-3-9(6)13)11(16)8-5-10(14)17-12(8)15/h2-5H,1H3. The van der Waals surface area contributed by atoms with Gasteiger partial charge >= 0.3 is 0 Å². The Bertz CT molecular complexity index is 589. The summed E-state index contributed by atoms with van der Waals surface area (Å²) in [5.41, 5.74) is 2.46. The van der Waals surface area contributed by atoms with Gasteiger partial charge in [-0.05, 0) is 68.6 Å². The number of ketones is 1. The number of thiophene rings is 1. The Morgan fingerprint density at radius 3 is 2.41 bits per heavy atom. The number of hydrogen-bond acceptors (Lipinski definition) is 2. The largest absolute Gasteiger partial charge is 0.289 e. The summed E-state index contributed by atoms with van der Waals surface area (Å²) in [7, 11) is 0. The van der Waals surface area contributed by atoms with Crippen molar-refractivity contribution in [2.45, 2.75) is 6.92 Å². The minimum Gasteiger partial charge on any atom is -0.289 e. The fourth-order valence-corrected chi connectivity index (χ4v) is 4.48. The van der Waals surface area contributed by atoms with E-state index in [1.807, 2.05) is 31.2 Å². The molecule has 2 aromatic rings. The molecule has 0 bridgehead atoms. The van der Waals surface area contributed by atoms with Crippen LogP contribution in [0.5, 0.6) is 0 Å². The third-order valence-corrected chi connectivity index (χ3v) is 5.55. The fourth-order valence-electron chi connectivity index (χ4n) is 1.44. The number of hydrogen-bond donors (Lipinski definition) is 0. The summed E-state index contributed by atoms with van der Waals surface area (Å²) in [5, 5.41) is 0. The Hall–Kier alpha value is 0.0300.